The highest BCUT2D eigenvalue weighted by molar-refractivity contribution is 5.92. The number of nitrogens with zero attached hydrogens (tertiary/aromatic N) is 3. The van der Waals surface area contributed by atoms with Crippen LogP contribution in [0.25, 0.3) is 0 Å². The van der Waals surface area contributed by atoms with Crippen molar-refractivity contribution in [1.82, 2.24) is 15.0 Å². The smallest absolute Gasteiger partial charge is 0.230 e. The molecular weight excluding hydrogens is 335 g/mol. The van der Waals surface area contributed by atoms with Gasteiger partial charge in [0.15, 0.2) is 0 Å². The van der Waals surface area contributed by atoms with Crippen molar-refractivity contribution in [3.63, 3.8) is 0 Å². The molecule has 1 aromatic heterocycles. The maximum atomic E-state index is 13.3. The second kappa shape index (κ2) is 7.88. The number of aliphatic hydroxyl groups excluding tert-OH is 1. The molecule has 2 aromatic carbocycles. The molecule has 0 aliphatic carbocycles. The SMILES string of the molecule is Cc1c(CC(=O)Nc2cccc(CO)c2)nnn1Cc1cccc(F)c1. The van der Waals surface area contributed by atoms with E-state index in [2.05, 4.69) is 15.6 Å². The number of hydrogen-bond donors (Lipinski definition) is 2. The summed E-state index contributed by atoms with van der Waals surface area (Å²) < 4.78 is 14.9. The molecule has 0 fully saturated rings. The van der Waals surface area contributed by atoms with Gasteiger partial charge < -0.3 is 10.4 Å². The van der Waals surface area contributed by atoms with E-state index in [1.54, 1.807) is 35.0 Å². The van der Waals surface area contributed by atoms with Crippen LogP contribution in [0.2, 0.25) is 0 Å². The van der Waals surface area contributed by atoms with Crippen molar-refractivity contribution in [2.75, 3.05) is 5.32 Å². The van der Waals surface area contributed by atoms with Crippen LogP contribution >= 0.6 is 0 Å². The van der Waals surface area contributed by atoms with Crippen LogP contribution < -0.4 is 5.32 Å². The molecule has 0 radical (unpaired) electrons. The Hall–Kier alpha value is -3.06. The van der Waals surface area contributed by atoms with E-state index in [1.165, 1.54) is 12.1 Å². The summed E-state index contributed by atoms with van der Waals surface area (Å²) in [4.78, 5) is 12.2. The van der Waals surface area contributed by atoms with Crippen molar-refractivity contribution in [2.24, 2.45) is 0 Å². The summed E-state index contributed by atoms with van der Waals surface area (Å²) in [7, 11) is 0. The zero-order chi connectivity index (χ0) is 18.5. The normalized spacial score (nSPS) is 10.7. The number of rotatable bonds is 6. The lowest BCUT2D eigenvalue weighted by molar-refractivity contribution is -0.115. The highest BCUT2D eigenvalue weighted by Gasteiger charge is 2.13. The highest BCUT2D eigenvalue weighted by Crippen LogP contribution is 2.13. The first-order valence-electron chi connectivity index (χ1n) is 8.18. The molecule has 134 valence electrons. The molecule has 0 bridgehead atoms. The van der Waals surface area contributed by atoms with Gasteiger partial charge in [-0.25, -0.2) is 9.07 Å². The van der Waals surface area contributed by atoms with Crippen LogP contribution in [0.1, 0.15) is 22.5 Å². The Morgan fingerprint density at radius 2 is 1.96 bits per heavy atom. The third-order valence-electron chi connectivity index (χ3n) is 4.02. The minimum Gasteiger partial charge on any atom is -0.392 e. The molecule has 1 heterocycles. The van der Waals surface area contributed by atoms with Crippen LogP contribution in [0.5, 0.6) is 0 Å². The van der Waals surface area contributed by atoms with Crippen LogP contribution in [-0.2, 0) is 24.4 Å². The molecule has 2 N–H and O–H groups in total. The molecule has 1 amide bonds. The van der Waals surface area contributed by atoms with E-state index in [9.17, 15) is 9.18 Å². The summed E-state index contributed by atoms with van der Waals surface area (Å²) in [5, 5.41) is 20.1. The van der Waals surface area contributed by atoms with Crippen LogP contribution in [-0.4, -0.2) is 26.0 Å². The second-order valence-electron chi connectivity index (χ2n) is 5.99. The van der Waals surface area contributed by atoms with E-state index in [1.807, 2.05) is 13.0 Å². The highest BCUT2D eigenvalue weighted by atomic mass is 19.1. The number of anilines is 1. The van der Waals surface area contributed by atoms with Crippen molar-refractivity contribution in [3.05, 3.63) is 76.9 Å². The van der Waals surface area contributed by atoms with Crippen molar-refractivity contribution >= 4 is 11.6 Å². The molecule has 3 aromatic rings. The largest absolute Gasteiger partial charge is 0.392 e. The zero-order valence-electron chi connectivity index (χ0n) is 14.3. The molecule has 0 saturated heterocycles. The number of halogens is 1. The standard InChI is InChI=1S/C19H19FN4O2/c1-13-18(10-19(26)21-17-7-3-5-15(9-17)12-25)22-23-24(13)11-14-4-2-6-16(20)8-14/h2-9,25H,10-12H2,1H3,(H,21,26). The number of amides is 1. The van der Waals surface area contributed by atoms with Gasteiger partial charge in [0.25, 0.3) is 0 Å². The van der Waals surface area contributed by atoms with Crippen molar-refractivity contribution in [1.29, 1.82) is 0 Å². The Balaban J connectivity index is 1.66. The maximum absolute atomic E-state index is 13.3. The minimum absolute atomic E-state index is 0.0817. The quantitative estimate of drug-likeness (QED) is 0.713. The summed E-state index contributed by atoms with van der Waals surface area (Å²) in [6.07, 6.45) is 0.0817. The number of nitrogens with one attached hydrogen (secondary N) is 1. The predicted octanol–water partition coefficient (Wildman–Crippen LogP) is 2.45. The first kappa shape index (κ1) is 17.8. The maximum Gasteiger partial charge on any atom is 0.230 e. The van der Waals surface area contributed by atoms with Gasteiger partial charge >= 0.3 is 0 Å². The van der Waals surface area contributed by atoms with E-state index in [0.29, 0.717) is 17.9 Å². The molecule has 0 atom stereocenters. The summed E-state index contributed by atoms with van der Waals surface area (Å²) in [5.74, 6) is -0.522. The Labute approximate surface area is 150 Å². The van der Waals surface area contributed by atoms with Gasteiger partial charge in [0.05, 0.1) is 31.0 Å². The number of benzene rings is 2. The number of aliphatic hydroxyl groups is 1. The average Bonchev–Trinajstić information content (AvgIpc) is 2.95. The fourth-order valence-electron chi connectivity index (χ4n) is 2.62. The number of carbonyl (C=O) groups excluding carboxylic acids is 1. The van der Waals surface area contributed by atoms with Gasteiger partial charge in [0.2, 0.25) is 5.91 Å². The Bertz CT molecular complexity index is 923. The number of carbonyl (C=O) groups is 1. The molecule has 7 heteroatoms. The lowest BCUT2D eigenvalue weighted by atomic mass is 10.2. The molecule has 0 spiro atoms. The van der Waals surface area contributed by atoms with Crippen LogP contribution in [0.15, 0.2) is 48.5 Å². The van der Waals surface area contributed by atoms with E-state index >= 15 is 0 Å². The van der Waals surface area contributed by atoms with Gasteiger partial charge in [-0.05, 0) is 42.3 Å². The summed E-state index contributed by atoms with van der Waals surface area (Å²) in [6.45, 7) is 2.13. The van der Waals surface area contributed by atoms with E-state index in [0.717, 1.165) is 16.8 Å². The fourth-order valence-corrected chi connectivity index (χ4v) is 2.62. The molecule has 6 nitrogen and oxygen atoms in total. The molecule has 26 heavy (non-hydrogen) atoms. The van der Waals surface area contributed by atoms with E-state index in [4.69, 9.17) is 5.11 Å². The Morgan fingerprint density at radius 3 is 2.73 bits per heavy atom. The topological polar surface area (TPSA) is 80.0 Å². The zero-order valence-corrected chi connectivity index (χ0v) is 14.3. The average molecular weight is 354 g/mol. The van der Waals surface area contributed by atoms with Gasteiger partial charge in [-0.1, -0.05) is 29.5 Å². The van der Waals surface area contributed by atoms with Gasteiger partial charge in [0.1, 0.15) is 5.82 Å². The third kappa shape index (κ3) is 4.31. The summed E-state index contributed by atoms with van der Waals surface area (Å²) in [6, 6.07) is 13.3. The van der Waals surface area contributed by atoms with Crippen molar-refractivity contribution in [3.8, 4) is 0 Å². The van der Waals surface area contributed by atoms with Gasteiger partial charge in [-0.15, -0.1) is 5.10 Å². The lowest BCUT2D eigenvalue weighted by Gasteiger charge is -2.06. The van der Waals surface area contributed by atoms with Crippen LogP contribution in [0.3, 0.4) is 0 Å². The van der Waals surface area contributed by atoms with Gasteiger partial charge in [-0.2, -0.15) is 0 Å². The fraction of sp³-hybridized carbons (Fsp3) is 0.211. The minimum atomic E-state index is -0.301. The second-order valence-corrected chi connectivity index (χ2v) is 5.99. The van der Waals surface area contributed by atoms with Gasteiger partial charge in [0, 0.05) is 5.69 Å². The predicted molar refractivity (Wildman–Crippen MR) is 95.0 cm³/mol. The summed E-state index contributed by atoms with van der Waals surface area (Å²) >= 11 is 0. The van der Waals surface area contributed by atoms with Crippen molar-refractivity contribution in [2.45, 2.75) is 26.5 Å². The molecular formula is C19H19FN4O2. The number of aromatic nitrogens is 3. The Kier molecular flexibility index (Phi) is 5.38. The molecule has 0 unspecified atom stereocenters. The summed E-state index contributed by atoms with van der Waals surface area (Å²) in [5.41, 5.74) is 3.44. The molecule has 3 rings (SSSR count). The van der Waals surface area contributed by atoms with Crippen LogP contribution in [0, 0.1) is 12.7 Å². The van der Waals surface area contributed by atoms with Gasteiger partial charge in [-0.3, -0.25) is 4.79 Å². The third-order valence-corrected chi connectivity index (χ3v) is 4.02. The Morgan fingerprint density at radius 1 is 1.19 bits per heavy atom. The monoisotopic (exact) mass is 354 g/mol. The number of hydrogen-bond acceptors (Lipinski definition) is 4. The lowest BCUT2D eigenvalue weighted by Crippen LogP contribution is -2.15. The molecule has 0 saturated carbocycles. The first-order chi connectivity index (χ1) is 12.5. The van der Waals surface area contributed by atoms with Crippen molar-refractivity contribution < 1.29 is 14.3 Å². The van der Waals surface area contributed by atoms with Crippen LogP contribution in [0.4, 0.5) is 10.1 Å². The molecule has 0 aliphatic heterocycles. The first-order valence-corrected chi connectivity index (χ1v) is 8.18. The van der Waals surface area contributed by atoms with E-state index < -0.39 is 0 Å². The molecule has 0 aliphatic rings. The van der Waals surface area contributed by atoms with E-state index in [-0.39, 0.29) is 24.8 Å².